The molecule has 0 saturated carbocycles. The Morgan fingerprint density at radius 2 is 2.25 bits per heavy atom. The highest BCUT2D eigenvalue weighted by Crippen LogP contribution is 2.03. The van der Waals surface area contributed by atoms with Crippen molar-refractivity contribution in [2.24, 2.45) is 5.10 Å². The minimum absolute atomic E-state index is 0.178. The number of rotatable bonds is 4. The second-order valence-electron chi connectivity index (χ2n) is 4.00. The number of hydrogen-bond donors (Lipinski definition) is 1. The van der Waals surface area contributed by atoms with E-state index < -0.39 is 11.5 Å². The summed E-state index contributed by atoms with van der Waals surface area (Å²) in [5.41, 5.74) is 0.934. The van der Waals surface area contributed by atoms with Crippen LogP contribution in [-0.2, 0) is 4.74 Å². The fourth-order valence-electron chi connectivity index (χ4n) is 1.55. The normalized spacial score (nSPS) is 10.9. The van der Waals surface area contributed by atoms with Gasteiger partial charge in [-0.25, -0.2) is 4.79 Å². The lowest BCUT2D eigenvalue weighted by atomic mass is 10.1. The fourth-order valence-corrected chi connectivity index (χ4v) is 1.55. The summed E-state index contributed by atoms with van der Waals surface area (Å²) < 4.78 is 4.72. The average molecular weight is 274 g/mol. The maximum absolute atomic E-state index is 11.8. The van der Waals surface area contributed by atoms with Gasteiger partial charge >= 0.3 is 11.5 Å². The van der Waals surface area contributed by atoms with Gasteiger partial charge in [-0.3, -0.25) is 4.79 Å². The van der Waals surface area contributed by atoms with Crippen LogP contribution in [0.2, 0.25) is 0 Å². The third-order valence-corrected chi connectivity index (χ3v) is 2.62. The van der Waals surface area contributed by atoms with Crippen LogP contribution in [0.15, 0.2) is 34.2 Å². The second-order valence-corrected chi connectivity index (χ2v) is 4.00. The van der Waals surface area contributed by atoms with Crippen molar-refractivity contribution >= 4 is 12.2 Å². The zero-order valence-electron chi connectivity index (χ0n) is 11.2. The van der Waals surface area contributed by atoms with E-state index in [0.29, 0.717) is 0 Å². The Hall–Kier alpha value is -2.70. The van der Waals surface area contributed by atoms with Gasteiger partial charge in [0, 0.05) is 0 Å². The molecule has 0 bridgehead atoms. The number of aryl methyl sites for hydroxylation is 1. The number of nitrogens with zero attached hydrogens (tertiary/aromatic N) is 3. The van der Waals surface area contributed by atoms with Crippen molar-refractivity contribution in [3.8, 4) is 0 Å². The van der Waals surface area contributed by atoms with Crippen molar-refractivity contribution in [1.82, 2.24) is 15.1 Å². The van der Waals surface area contributed by atoms with Gasteiger partial charge in [-0.15, -0.1) is 9.89 Å². The van der Waals surface area contributed by atoms with E-state index in [0.717, 1.165) is 15.9 Å². The molecular formula is C13H14N4O3. The Kier molecular flexibility index (Phi) is 4.09. The maximum atomic E-state index is 11.8. The maximum Gasteiger partial charge on any atom is 0.364 e. The summed E-state index contributed by atoms with van der Waals surface area (Å²) in [5, 5.41) is 9.92. The van der Waals surface area contributed by atoms with Crippen LogP contribution >= 0.6 is 0 Å². The molecule has 0 aliphatic heterocycles. The lowest BCUT2D eigenvalue weighted by molar-refractivity contribution is 0.0517. The van der Waals surface area contributed by atoms with Gasteiger partial charge in [0.1, 0.15) is 0 Å². The first kappa shape index (κ1) is 13.7. The zero-order chi connectivity index (χ0) is 14.5. The number of ether oxygens (including phenoxy) is 1. The zero-order valence-corrected chi connectivity index (χ0v) is 11.2. The first-order valence-electron chi connectivity index (χ1n) is 6.08. The van der Waals surface area contributed by atoms with E-state index in [1.165, 1.54) is 6.21 Å². The predicted octanol–water partition coefficient (Wildman–Crippen LogP) is 0.939. The number of carbonyl (C=O) groups excluding carboxylic acids is 1. The topological polar surface area (TPSA) is 89.3 Å². The number of hydrogen-bond acceptors (Lipinski definition) is 5. The molecule has 0 saturated heterocycles. The molecule has 0 unspecified atom stereocenters. The van der Waals surface area contributed by atoms with Gasteiger partial charge in [-0.1, -0.05) is 24.3 Å². The largest absolute Gasteiger partial charge is 0.461 e. The number of carbonyl (C=O) groups is 1. The van der Waals surface area contributed by atoms with Crippen molar-refractivity contribution in [3.63, 3.8) is 0 Å². The van der Waals surface area contributed by atoms with Crippen LogP contribution in [0.5, 0.6) is 0 Å². The first-order chi connectivity index (χ1) is 9.63. The van der Waals surface area contributed by atoms with Gasteiger partial charge in [0.05, 0.1) is 12.8 Å². The highest BCUT2D eigenvalue weighted by atomic mass is 16.5. The monoisotopic (exact) mass is 274 g/mol. The van der Waals surface area contributed by atoms with E-state index in [1.807, 2.05) is 31.2 Å². The first-order valence-corrected chi connectivity index (χ1v) is 6.08. The van der Waals surface area contributed by atoms with Crippen molar-refractivity contribution in [2.75, 3.05) is 6.61 Å². The van der Waals surface area contributed by atoms with E-state index in [-0.39, 0.29) is 12.3 Å². The smallest absolute Gasteiger partial charge is 0.364 e. The van der Waals surface area contributed by atoms with Crippen molar-refractivity contribution in [3.05, 3.63) is 51.4 Å². The highest BCUT2D eigenvalue weighted by molar-refractivity contribution is 5.86. The van der Waals surface area contributed by atoms with Gasteiger partial charge in [0.15, 0.2) is 0 Å². The molecule has 0 amide bonds. The summed E-state index contributed by atoms with van der Waals surface area (Å²) in [7, 11) is 0. The Morgan fingerprint density at radius 1 is 1.50 bits per heavy atom. The minimum atomic E-state index is -0.765. The van der Waals surface area contributed by atoms with Crippen LogP contribution in [0.25, 0.3) is 0 Å². The van der Waals surface area contributed by atoms with Gasteiger partial charge < -0.3 is 4.74 Å². The van der Waals surface area contributed by atoms with Crippen LogP contribution in [0.4, 0.5) is 0 Å². The number of aromatic nitrogens is 3. The van der Waals surface area contributed by atoms with E-state index in [2.05, 4.69) is 15.4 Å². The Labute approximate surface area is 114 Å². The molecule has 0 aliphatic rings. The van der Waals surface area contributed by atoms with Crippen LogP contribution in [-0.4, -0.2) is 33.9 Å². The number of nitrogens with one attached hydrogen (secondary N) is 1. The molecule has 0 fully saturated rings. The number of esters is 1. The molecule has 1 aromatic carbocycles. The molecule has 1 N–H and O–H groups in total. The Balaban J connectivity index is 2.26. The molecule has 20 heavy (non-hydrogen) atoms. The Bertz CT molecular complexity index is 700. The fraction of sp³-hybridized carbons (Fsp3) is 0.231. The van der Waals surface area contributed by atoms with E-state index >= 15 is 0 Å². The molecule has 0 radical (unpaired) electrons. The highest BCUT2D eigenvalue weighted by Gasteiger charge is 2.17. The molecule has 2 aromatic rings. The lowest BCUT2D eigenvalue weighted by Crippen LogP contribution is -2.20. The molecule has 0 atom stereocenters. The molecule has 7 nitrogen and oxygen atoms in total. The molecular weight excluding hydrogens is 260 g/mol. The van der Waals surface area contributed by atoms with Gasteiger partial charge in [0.2, 0.25) is 5.69 Å². The molecule has 0 spiro atoms. The molecule has 0 aliphatic carbocycles. The summed E-state index contributed by atoms with van der Waals surface area (Å²) in [5.74, 6) is -0.765. The second kappa shape index (κ2) is 5.96. The Morgan fingerprint density at radius 3 is 2.95 bits per heavy atom. The van der Waals surface area contributed by atoms with E-state index in [9.17, 15) is 9.59 Å². The third kappa shape index (κ3) is 2.82. The molecule has 1 heterocycles. The summed E-state index contributed by atoms with van der Waals surface area (Å²) >= 11 is 0. The van der Waals surface area contributed by atoms with Crippen molar-refractivity contribution < 1.29 is 9.53 Å². The number of aromatic amines is 1. The van der Waals surface area contributed by atoms with Crippen LogP contribution < -0.4 is 5.56 Å². The molecule has 1 aromatic heterocycles. The minimum Gasteiger partial charge on any atom is -0.461 e. The SMILES string of the molecule is CCOC(=O)c1n[nH]n(/N=C/c2ccccc2C)c1=O. The van der Waals surface area contributed by atoms with Crippen molar-refractivity contribution in [1.29, 1.82) is 0 Å². The summed E-state index contributed by atoms with van der Waals surface area (Å²) in [6, 6.07) is 7.58. The molecule has 104 valence electrons. The lowest BCUT2D eigenvalue weighted by Gasteiger charge is -1.97. The molecule has 2 rings (SSSR count). The summed E-state index contributed by atoms with van der Waals surface area (Å²) in [4.78, 5) is 24.2. The van der Waals surface area contributed by atoms with Crippen LogP contribution in [0, 0.1) is 6.92 Å². The van der Waals surface area contributed by atoms with E-state index in [1.54, 1.807) is 6.92 Å². The number of benzene rings is 1. The average Bonchev–Trinajstić information content (AvgIpc) is 2.79. The van der Waals surface area contributed by atoms with Gasteiger partial charge in [-0.05, 0) is 25.0 Å². The molecule has 7 heteroatoms. The third-order valence-electron chi connectivity index (χ3n) is 2.62. The summed E-state index contributed by atoms with van der Waals surface area (Å²) in [6.07, 6.45) is 1.52. The van der Waals surface area contributed by atoms with Crippen LogP contribution in [0.1, 0.15) is 28.5 Å². The number of H-pyrrole nitrogens is 1. The van der Waals surface area contributed by atoms with Crippen molar-refractivity contribution in [2.45, 2.75) is 13.8 Å². The predicted molar refractivity (Wildman–Crippen MR) is 73.0 cm³/mol. The van der Waals surface area contributed by atoms with Gasteiger partial charge in [-0.2, -0.15) is 10.3 Å². The summed E-state index contributed by atoms with van der Waals surface area (Å²) in [6.45, 7) is 3.76. The van der Waals surface area contributed by atoms with Gasteiger partial charge in [0.25, 0.3) is 0 Å². The van der Waals surface area contributed by atoms with E-state index in [4.69, 9.17) is 4.74 Å². The van der Waals surface area contributed by atoms with Crippen LogP contribution in [0.3, 0.4) is 0 Å². The quantitative estimate of drug-likeness (QED) is 0.663. The standard InChI is InChI=1S/C13H14N4O3/c1-3-20-13(19)11-12(18)17(16-15-11)14-8-10-7-5-4-6-9(10)2/h4-8,16H,3H2,1-2H3/b14-8+.